The first-order valence-electron chi connectivity index (χ1n) is 7.36. The van der Waals surface area contributed by atoms with E-state index in [-0.39, 0.29) is 35.9 Å². The highest BCUT2D eigenvalue weighted by Crippen LogP contribution is 2.27. The van der Waals surface area contributed by atoms with Gasteiger partial charge in [0.05, 0.1) is 10.0 Å². The van der Waals surface area contributed by atoms with Crippen molar-refractivity contribution in [2.24, 2.45) is 0 Å². The highest BCUT2D eigenvalue weighted by molar-refractivity contribution is 6.35. The molecular weight excluding hydrogens is 357 g/mol. The van der Waals surface area contributed by atoms with Gasteiger partial charge in [-0.2, -0.15) is 0 Å². The van der Waals surface area contributed by atoms with Crippen LogP contribution in [0.25, 0.3) is 0 Å². The molecule has 0 aliphatic rings. The van der Waals surface area contributed by atoms with Gasteiger partial charge in [0.1, 0.15) is 17.7 Å². The monoisotopic (exact) mass is 373 g/mol. The summed E-state index contributed by atoms with van der Waals surface area (Å²) >= 11 is 11.7. The number of carbonyl (C=O) groups is 1. The Morgan fingerprint density at radius 3 is 2.58 bits per heavy atom. The van der Waals surface area contributed by atoms with Crippen LogP contribution < -0.4 is 10.6 Å². The Kier molecular flexibility index (Phi) is 6.54. The van der Waals surface area contributed by atoms with E-state index in [1.54, 1.807) is 30.4 Å². The van der Waals surface area contributed by atoms with Crippen LogP contribution in [0.1, 0.15) is 24.1 Å². The Morgan fingerprint density at radius 2 is 1.88 bits per heavy atom. The number of rotatable bonds is 6. The summed E-state index contributed by atoms with van der Waals surface area (Å²) < 4.78 is 27.0. The summed E-state index contributed by atoms with van der Waals surface area (Å²) in [4.78, 5) is 11.9. The number of hydrogen-bond acceptors (Lipinski definition) is 1. The Labute approximate surface area is 149 Å². The van der Waals surface area contributed by atoms with Gasteiger partial charge in [-0.15, -0.1) is 0 Å². The number of halogens is 4. The zero-order chi connectivity index (χ0) is 17.7. The van der Waals surface area contributed by atoms with Gasteiger partial charge in [-0.05, 0) is 25.1 Å². The van der Waals surface area contributed by atoms with Gasteiger partial charge in [-0.25, -0.2) is 8.78 Å². The highest BCUT2D eigenvalue weighted by Gasteiger charge is 2.17. The Morgan fingerprint density at radius 1 is 1.17 bits per heavy atom. The van der Waals surface area contributed by atoms with Crippen molar-refractivity contribution in [1.29, 1.82) is 0 Å². The van der Waals surface area contributed by atoms with Crippen LogP contribution in [-0.2, 0) is 11.3 Å². The van der Waals surface area contributed by atoms with E-state index in [4.69, 9.17) is 23.2 Å². The van der Waals surface area contributed by atoms with Gasteiger partial charge in [0, 0.05) is 17.7 Å². The highest BCUT2D eigenvalue weighted by atomic mass is 35.5. The van der Waals surface area contributed by atoms with Crippen LogP contribution in [0.5, 0.6) is 0 Å². The van der Waals surface area contributed by atoms with Crippen LogP contribution in [0.2, 0.25) is 10.0 Å². The van der Waals surface area contributed by atoms with Crippen molar-refractivity contribution in [1.82, 2.24) is 5.32 Å². The third kappa shape index (κ3) is 4.90. The lowest BCUT2D eigenvalue weighted by Crippen LogP contribution is -2.87. The standard InChI is InChI=1S/C17H16Cl2F2N2O/c1-10(12-6-16(21)14(19)7-13(12)18)22-9-17(24)23-8-11-4-2-3-5-15(11)20/h2-7,10,22H,8-9H2,1H3,(H,23,24)/p+1/t10-/m0/s1. The summed E-state index contributed by atoms with van der Waals surface area (Å²) in [6.45, 7) is 2.03. The number of carbonyl (C=O) groups excluding carboxylic acids is 1. The predicted molar refractivity (Wildman–Crippen MR) is 89.9 cm³/mol. The van der Waals surface area contributed by atoms with E-state index >= 15 is 0 Å². The molecule has 1 amide bonds. The van der Waals surface area contributed by atoms with Gasteiger partial charge in [0.2, 0.25) is 0 Å². The fourth-order valence-corrected chi connectivity index (χ4v) is 2.76. The fourth-order valence-electron chi connectivity index (χ4n) is 2.21. The smallest absolute Gasteiger partial charge is 0.275 e. The molecule has 0 heterocycles. The van der Waals surface area contributed by atoms with Crippen molar-refractivity contribution < 1.29 is 18.9 Å². The van der Waals surface area contributed by atoms with Crippen molar-refractivity contribution in [3.8, 4) is 0 Å². The van der Waals surface area contributed by atoms with E-state index < -0.39 is 5.82 Å². The molecule has 0 unspecified atom stereocenters. The number of benzene rings is 2. The van der Waals surface area contributed by atoms with Gasteiger partial charge < -0.3 is 10.6 Å². The molecule has 0 aromatic heterocycles. The molecule has 128 valence electrons. The molecule has 7 heteroatoms. The predicted octanol–water partition coefficient (Wildman–Crippen LogP) is 3.21. The van der Waals surface area contributed by atoms with Crippen LogP contribution in [0.4, 0.5) is 8.78 Å². The summed E-state index contributed by atoms with van der Waals surface area (Å²) in [6, 6.07) is 8.62. The lowest BCUT2D eigenvalue weighted by molar-refractivity contribution is -0.682. The maximum atomic E-state index is 13.5. The first-order valence-corrected chi connectivity index (χ1v) is 8.12. The molecule has 0 aliphatic carbocycles. The minimum absolute atomic E-state index is 0.0430. The number of quaternary nitrogens is 1. The largest absolute Gasteiger partial charge is 0.347 e. The van der Waals surface area contributed by atoms with Crippen molar-refractivity contribution in [3.05, 3.63) is 69.2 Å². The van der Waals surface area contributed by atoms with Crippen LogP contribution >= 0.6 is 23.2 Å². The number of nitrogens with two attached hydrogens (primary N) is 1. The molecule has 0 spiro atoms. The summed E-state index contributed by atoms with van der Waals surface area (Å²) in [6.07, 6.45) is 0. The third-order valence-corrected chi connectivity index (χ3v) is 4.24. The summed E-state index contributed by atoms with van der Waals surface area (Å²) in [7, 11) is 0. The summed E-state index contributed by atoms with van der Waals surface area (Å²) in [5.41, 5.74) is 0.974. The number of hydrogen-bond donors (Lipinski definition) is 2. The zero-order valence-electron chi connectivity index (χ0n) is 13.0. The van der Waals surface area contributed by atoms with E-state index in [0.717, 1.165) is 0 Å². The molecule has 2 aromatic rings. The molecule has 2 aromatic carbocycles. The lowest BCUT2D eigenvalue weighted by atomic mass is 10.1. The molecule has 0 saturated carbocycles. The average Bonchev–Trinajstić information content (AvgIpc) is 2.55. The average molecular weight is 374 g/mol. The fraction of sp³-hybridized carbons (Fsp3) is 0.235. The minimum atomic E-state index is -0.555. The van der Waals surface area contributed by atoms with Crippen molar-refractivity contribution in [2.45, 2.75) is 19.5 Å². The molecule has 3 N–H and O–H groups in total. The maximum absolute atomic E-state index is 13.5. The normalized spacial score (nSPS) is 12.0. The van der Waals surface area contributed by atoms with Gasteiger partial charge in [-0.3, -0.25) is 4.79 Å². The molecule has 2 rings (SSSR count). The second-order valence-electron chi connectivity index (χ2n) is 5.38. The van der Waals surface area contributed by atoms with Crippen LogP contribution in [-0.4, -0.2) is 12.5 Å². The van der Waals surface area contributed by atoms with E-state index in [1.807, 2.05) is 0 Å². The number of amides is 1. The van der Waals surface area contributed by atoms with Crippen molar-refractivity contribution >= 4 is 29.1 Å². The molecule has 0 fully saturated rings. The summed E-state index contributed by atoms with van der Waals surface area (Å²) in [5, 5.41) is 4.66. The van der Waals surface area contributed by atoms with Crippen LogP contribution in [0, 0.1) is 11.6 Å². The molecular formula is C17H17Cl2F2N2O+. The first-order chi connectivity index (χ1) is 11.4. The quantitative estimate of drug-likeness (QED) is 0.750. The second-order valence-corrected chi connectivity index (χ2v) is 6.20. The molecule has 3 nitrogen and oxygen atoms in total. The van der Waals surface area contributed by atoms with Crippen molar-refractivity contribution in [2.75, 3.05) is 6.54 Å². The number of nitrogens with one attached hydrogen (secondary N) is 1. The first kappa shape index (κ1) is 18.6. The molecule has 1 atom stereocenters. The lowest BCUT2D eigenvalue weighted by Gasteiger charge is -2.13. The van der Waals surface area contributed by atoms with E-state index in [1.165, 1.54) is 18.2 Å². The Balaban J connectivity index is 1.87. The van der Waals surface area contributed by atoms with Gasteiger partial charge in [0.25, 0.3) is 5.91 Å². The van der Waals surface area contributed by atoms with E-state index in [2.05, 4.69) is 5.32 Å². The molecule has 0 bridgehead atoms. The van der Waals surface area contributed by atoms with Gasteiger partial charge in [0.15, 0.2) is 6.54 Å². The maximum Gasteiger partial charge on any atom is 0.275 e. The SMILES string of the molecule is C[C@H]([NH2+]CC(=O)NCc1ccccc1F)c1cc(F)c(Cl)cc1Cl. The Bertz CT molecular complexity index is 741. The van der Waals surface area contributed by atoms with E-state index in [9.17, 15) is 13.6 Å². The topological polar surface area (TPSA) is 45.7 Å². The van der Waals surface area contributed by atoms with Crippen LogP contribution in [0.3, 0.4) is 0 Å². The minimum Gasteiger partial charge on any atom is -0.347 e. The van der Waals surface area contributed by atoms with Crippen LogP contribution in [0.15, 0.2) is 36.4 Å². The zero-order valence-corrected chi connectivity index (χ0v) is 14.5. The molecule has 24 heavy (non-hydrogen) atoms. The summed E-state index contributed by atoms with van der Waals surface area (Å²) in [5.74, 6) is -1.17. The Hall–Kier alpha value is -1.69. The molecule has 0 aliphatic heterocycles. The molecule has 0 radical (unpaired) electrons. The second kappa shape index (κ2) is 8.42. The molecule has 0 saturated heterocycles. The van der Waals surface area contributed by atoms with E-state index in [0.29, 0.717) is 16.1 Å². The van der Waals surface area contributed by atoms with Crippen molar-refractivity contribution in [3.63, 3.8) is 0 Å². The van der Waals surface area contributed by atoms with Gasteiger partial charge >= 0.3 is 0 Å². The third-order valence-electron chi connectivity index (χ3n) is 3.62. The van der Waals surface area contributed by atoms with Gasteiger partial charge in [-0.1, -0.05) is 41.4 Å².